The fourth-order valence-corrected chi connectivity index (χ4v) is 2.86. The van der Waals surface area contributed by atoms with Crippen LogP contribution >= 0.6 is 0 Å². The number of ether oxygens (including phenoxy) is 1. The number of fused-ring (bicyclic) bond motifs is 1. The number of pyridine rings is 2. The molecule has 0 bridgehead atoms. The van der Waals surface area contributed by atoms with Crippen molar-refractivity contribution in [2.75, 3.05) is 20.4 Å². The fraction of sp³-hybridized carbons (Fsp3) is 0.464. The zero-order valence-corrected chi connectivity index (χ0v) is 23.5. The fourth-order valence-electron chi connectivity index (χ4n) is 2.86. The van der Waals surface area contributed by atoms with E-state index in [1.807, 2.05) is 13.8 Å². The number of carbonyl (C=O) groups excluding carboxylic acids is 1. The summed E-state index contributed by atoms with van der Waals surface area (Å²) in [7, 11) is 1.60. The van der Waals surface area contributed by atoms with E-state index in [4.69, 9.17) is 5.11 Å². The highest BCUT2D eigenvalue weighted by atomic mass is 19.1. The van der Waals surface area contributed by atoms with Crippen LogP contribution in [0.1, 0.15) is 51.7 Å². The third-order valence-electron chi connectivity index (χ3n) is 4.73. The number of aliphatic hydroxyl groups excluding tert-OH is 2. The quantitative estimate of drug-likeness (QED) is 0.215. The topological polar surface area (TPSA) is 134 Å². The average molecular weight is 538 g/mol. The highest BCUT2D eigenvalue weighted by molar-refractivity contribution is 5.82. The molecular formula is C28H44FN3O6. The number of aliphatic hydroxyl groups is 2. The summed E-state index contributed by atoms with van der Waals surface area (Å²) in [6.07, 6.45) is 7.53. The number of aromatic nitrogens is 2. The maximum atomic E-state index is 13.3. The standard InChI is InChI=1S/C20H25FN2O3.C3H7NO.C3H8O2.C2H4/c1-4-7-16(21)9-6-5-8-15-10-17-18(22-11-15)19(25)14(3)20(26)23(17)12-13(2)24;1-3(5)4-2;1-2-5-3-4;1-2/h6-7,9-11,13,24-25H,4-5,8,12H2,1-3H3;1-2H3,(H,4,5);4H,2-3H2,1H3;1-2H2/b9-6-,16-7+;;;. The monoisotopic (exact) mass is 537 g/mol. The van der Waals surface area contributed by atoms with E-state index in [2.05, 4.69) is 28.2 Å². The van der Waals surface area contributed by atoms with Gasteiger partial charge in [0.15, 0.2) is 5.75 Å². The highest BCUT2D eigenvalue weighted by Gasteiger charge is 2.15. The van der Waals surface area contributed by atoms with Gasteiger partial charge in [0.1, 0.15) is 18.1 Å². The van der Waals surface area contributed by atoms with E-state index in [9.17, 15) is 24.2 Å². The number of nitrogens with one attached hydrogen (secondary N) is 1. The van der Waals surface area contributed by atoms with Gasteiger partial charge in [0, 0.05) is 26.8 Å². The van der Waals surface area contributed by atoms with Crippen LogP contribution in [-0.2, 0) is 22.5 Å². The van der Waals surface area contributed by atoms with Crippen LogP contribution in [-0.4, -0.2) is 57.3 Å². The van der Waals surface area contributed by atoms with Gasteiger partial charge < -0.3 is 29.9 Å². The van der Waals surface area contributed by atoms with Crippen LogP contribution in [0.15, 0.2) is 54.3 Å². The van der Waals surface area contributed by atoms with Crippen molar-refractivity contribution in [1.82, 2.24) is 14.9 Å². The summed E-state index contributed by atoms with van der Waals surface area (Å²) in [5.74, 6) is -0.384. The van der Waals surface area contributed by atoms with Gasteiger partial charge in [-0.25, -0.2) is 4.39 Å². The molecule has 0 radical (unpaired) electrons. The molecule has 1 atom stereocenters. The predicted molar refractivity (Wildman–Crippen MR) is 151 cm³/mol. The smallest absolute Gasteiger partial charge is 0.257 e. The van der Waals surface area contributed by atoms with Crippen molar-refractivity contribution in [2.24, 2.45) is 0 Å². The van der Waals surface area contributed by atoms with Crippen molar-refractivity contribution < 1.29 is 29.2 Å². The van der Waals surface area contributed by atoms with E-state index in [1.165, 1.54) is 30.6 Å². The van der Waals surface area contributed by atoms with Crippen LogP contribution in [0.3, 0.4) is 0 Å². The van der Waals surface area contributed by atoms with Crippen molar-refractivity contribution in [1.29, 1.82) is 0 Å². The lowest BCUT2D eigenvalue weighted by molar-refractivity contribution is -0.118. The second kappa shape index (κ2) is 21.7. The Bertz CT molecular complexity index is 1080. The number of nitrogens with zero attached hydrogens (tertiary/aromatic N) is 2. The van der Waals surface area contributed by atoms with Gasteiger partial charge in [0.05, 0.1) is 23.7 Å². The molecule has 2 heterocycles. The largest absolute Gasteiger partial charge is 0.505 e. The molecule has 0 aliphatic carbocycles. The summed E-state index contributed by atoms with van der Waals surface area (Å²) < 4.78 is 19.1. The lowest BCUT2D eigenvalue weighted by Gasteiger charge is -2.15. The molecule has 0 aromatic carbocycles. The second-order valence-electron chi connectivity index (χ2n) is 7.82. The number of amides is 1. The lowest BCUT2D eigenvalue weighted by atomic mass is 10.1. The Labute approximate surface area is 225 Å². The van der Waals surface area contributed by atoms with E-state index in [0.29, 0.717) is 36.9 Å². The molecule has 0 spiro atoms. The highest BCUT2D eigenvalue weighted by Crippen LogP contribution is 2.25. The minimum atomic E-state index is -0.709. The Morgan fingerprint density at radius 3 is 2.39 bits per heavy atom. The van der Waals surface area contributed by atoms with Crippen molar-refractivity contribution in [3.05, 3.63) is 71.0 Å². The molecule has 2 rings (SSSR count). The number of carbonyl (C=O) groups is 1. The maximum absolute atomic E-state index is 13.3. The summed E-state index contributed by atoms with van der Waals surface area (Å²) in [5.41, 5.74) is 1.54. The first-order chi connectivity index (χ1) is 18.0. The molecule has 0 aliphatic rings. The number of aromatic hydroxyl groups is 1. The third-order valence-corrected chi connectivity index (χ3v) is 4.73. The molecule has 1 amide bonds. The second-order valence-corrected chi connectivity index (χ2v) is 7.82. The van der Waals surface area contributed by atoms with Gasteiger partial charge in [-0.05, 0) is 63.8 Å². The first-order valence-electron chi connectivity index (χ1n) is 12.3. The van der Waals surface area contributed by atoms with Crippen molar-refractivity contribution in [2.45, 2.75) is 66.5 Å². The van der Waals surface area contributed by atoms with Crippen molar-refractivity contribution in [3.8, 4) is 5.75 Å². The molecule has 38 heavy (non-hydrogen) atoms. The van der Waals surface area contributed by atoms with Crippen LogP contribution < -0.4 is 10.9 Å². The molecule has 10 heteroatoms. The SMILES string of the molecule is C=C.CC/C=C(F)\C=C/CCc1cnc2c(O)c(C)c(=O)n(CC(C)O)c2c1.CCOCO.CNC(C)=O. The van der Waals surface area contributed by atoms with E-state index >= 15 is 0 Å². The molecule has 0 saturated heterocycles. The third kappa shape index (κ3) is 14.4. The van der Waals surface area contributed by atoms with Crippen LogP contribution in [0.4, 0.5) is 4.39 Å². The summed E-state index contributed by atoms with van der Waals surface area (Å²) in [5, 5.41) is 30.1. The molecule has 0 aliphatic heterocycles. The Morgan fingerprint density at radius 1 is 1.34 bits per heavy atom. The summed E-state index contributed by atoms with van der Waals surface area (Å²) in [6.45, 7) is 14.9. The van der Waals surface area contributed by atoms with Gasteiger partial charge in [-0.2, -0.15) is 0 Å². The van der Waals surface area contributed by atoms with Crippen molar-refractivity contribution in [3.63, 3.8) is 0 Å². The van der Waals surface area contributed by atoms with Gasteiger partial charge in [0.25, 0.3) is 5.56 Å². The van der Waals surface area contributed by atoms with Gasteiger partial charge in [-0.3, -0.25) is 14.6 Å². The summed E-state index contributed by atoms with van der Waals surface area (Å²) in [6, 6.07) is 1.79. The summed E-state index contributed by atoms with van der Waals surface area (Å²) >= 11 is 0. The Kier molecular flexibility index (Phi) is 21.0. The molecule has 4 N–H and O–H groups in total. The molecule has 1 unspecified atom stereocenters. The number of rotatable bonds is 9. The Morgan fingerprint density at radius 2 is 1.95 bits per heavy atom. The molecule has 2 aromatic rings. The Balaban J connectivity index is 0. The zero-order valence-electron chi connectivity index (χ0n) is 23.5. The first kappa shape index (κ1) is 36.8. The maximum Gasteiger partial charge on any atom is 0.257 e. The van der Waals surface area contributed by atoms with Crippen LogP contribution in [0.25, 0.3) is 11.0 Å². The molecule has 0 saturated carbocycles. The van der Waals surface area contributed by atoms with E-state index in [0.717, 1.165) is 5.56 Å². The molecule has 214 valence electrons. The van der Waals surface area contributed by atoms with Crippen LogP contribution in [0.5, 0.6) is 5.75 Å². The normalized spacial score (nSPS) is 11.4. The van der Waals surface area contributed by atoms with Crippen LogP contribution in [0, 0.1) is 6.92 Å². The average Bonchev–Trinajstić information content (AvgIpc) is 2.90. The van der Waals surface area contributed by atoms with E-state index < -0.39 is 6.10 Å². The number of hydrogen-bond donors (Lipinski definition) is 4. The number of hydrogen-bond acceptors (Lipinski definition) is 7. The predicted octanol–water partition coefficient (Wildman–Crippen LogP) is 4.07. The molecule has 2 aromatic heterocycles. The Hall–Kier alpha value is -3.34. The van der Waals surface area contributed by atoms with Crippen molar-refractivity contribution >= 4 is 16.9 Å². The minimum Gasteiger partial charge on any atom is -0.505 e. The number of allylic oxidation sites excluding steroid dienone is 4. The van der Waals surface area contributed by atoms with Gasteiger partial charge in [-0.15, -0.1) is 13.2 Å². The van der Waals surface area contributed by atoms with Gasteiger partial charge in [0.2, 0.25) is 5.91 Å². The number of aryl methyl sites for hydroxylation is 1. The van der Waals surface area contributed by atoms with Gasteiger partial charge in [-0.1, -0.05) is 13.0 Å². The van der Waals surface area contributed by atoms with E-state index in [1.54, 1.807) is 32.3 Å². The lowest BCUT2D eigenvalue weighted by Crippen LogP contribution is -2.27. The molecular weight excluding hydrogens is 493 g/mol. The summed E-state index contributed by atoms with van der Waals surface area (Å²) in [4.78, 5) is 26.4. The molecule has 9 nitrogen and oxygen atoms in total. The molecule has 0 fully saturated rings. The first-order valence-corrected chi connectivity index (χ1v) is 12.3. The van der Waals surface area contributed by atoms with Gasteiger partial charge >= 0.3 is 0 Å². The van der Waals surface area contributed by atoms with Crippen LogP contribution in [0.2, 0.25) is 0 Å². The minimum absolute atomic E-state index is 0.00463. The number of halogens is 1. The zero-order chi connectivity index (χ0) is 29.7. The van der Waals surface area contributed by atoms with E-state index in [-0.39, 0.29) is 41.9 Å².